The van der Waals surface area contributed by atoms with Crippen LogP contribution in [0, 0.1) is 11.6 Å². The van der Waals surface area contributed by atoms with Gasteiger partial charge in [-0.1, -0.05) is 0 Å². The Labute approximate surface area is 132 Å². The summed E-state index contributed by atoms with van der Waals surface area (Å²) in [6.45, 7) is 3.85. The number of anilines is 1. The lowest BCUT2D eigenvalue weighted by molar-refractivity contribution is 0.313. The smallest absolute Gasteiger partial charge is 0.185 e. The monoisotopic (exact) mass is 331 g/mol. The molecule has 21 heavy (non-hydrogen) atoms. The molecule has 7 heteroatoms. The molecule has 0 unspecified atom stereocenters. The number of likely N-dealkylation sites (N-methyl/N-ethyl adjacent to an activating group) is 1. The van der Waals surface area contributed by atoms with Crippen molar-refractivity contribution in [3.05, 3.63) is 35.2 Å². The van der Waals surface area contributed by atoms with Gasteiger partial charge in [0.25, 0.3) is 0 Å². The highest BCUT2D eigenvalue weighted by Crippen LogP contribution is 2.29. The van der Waals surface area contributed by atoms with Crippen LogP contribution in [0.3, 0.4) is 0 Å². The minimum atomic E-state index is -0.569. The Hall–Kier alpha value is -1.24. The third kappa shape index (κ3) is 3.51. The van der Waals surface area contributed by atoms with Gasteiger partial charge in [0.2, 0.25) is 0 Å². The molecule has 1 aromatic heterocycles. The fourth-order valence-corrected chi connectivity index (χ4v) is 3.11. The highest BCUT2D eigenvalue weighted by Gasteiger charge is 2.18. The number of aromatic nitrogens is 1. The van der Waals surface area contributed by atoms with Crippen LogP contribution in [0.2, 0.25) is 0 Å². The summed E-state index contributed by atoms with van der Waals surface area (Å²) in [5.41, 5.74) is 0.921. The highest BCUT2D eigenvalue weighted by molar-refractivity contribution is 7.14. The predicted molar refractivity (Wildman–Crippen MR) is 84.4 cm³/mol. The molecule has 1 aliphatic heterocycles. The SMILES string of the molecule is CN1CCN(c2nc(-c3ccc(F)cc3F)cs2)CC1.Cl. The fourth-order valence-electron chi connectivity index (χ4n) is 2.23. The van der Waals surface area contributed by atoms with Gasteiger partial charge in [-0.15, -0.1) is 23.7 Å². The van der Waals surface area contributed by atoms with E-state index in [0.29, 0.717) is 11.3 Å². The minimum absolute atomic E-state index is 0. The van der Waals surface area contributed by atoms with E-state index in [1.165, 1.54) is 23.5 Å². The number of benzene rings is 1. The van der Waals surface area contributed by atoms with Crippen molar-refractivity contribution in [2.24, 2.45) is 0 Å². The molecule has 114 valence electrons. The lowest BCUT2D eigenvalue weighted by Crippen LogP contribution is -2.44. The first-order chi connectivity index (χ1) is 9.63. The van der Waals surface area contributed by atoms with Crippen LogP contribution in [0.4, 0.5) is 13.9 Å². The van der Waals surface area contributed by atoms with E-state index in [9.17, 15) is 8.78 Å². The van der Waals surface area contributed by atoms with Crippen LogP contribution in [0.25, 0.3) is 11.3 Å². The van der Waals surface area contributed by atoms with Gasteiger partial charge >= 0.3 is 0 Å². The first-order valence-electron chi connectivity index (χ1n) is 6.48. The van der Waals surface area contributed by atoms with Crippen molar-refractivity contribution in [2.75, 3.05) is 38.1 Å². The Kier molecular flexibility index (Phi) is 5.13. The van der Waals surface area contributed by atoms with Crippen LogP contribution in [-0.2, 0) is 0 Å². The first kappa shape index (κ1) is 16.1. The molecule has 2 heterocycles. The molecule has 3 nitrogen and oxygen atoms in total. The second-order valence-corrected chi connectivity index (χ2v) is 5.77. The number of hydrogen-bond acceptors (Lipinski definition) is 4. The molecule has 1 aromatic carbocycles. The Morgan fingerprint density at radius 3 is 2.52 bits per heavy atom. The summed E-state index contributed by atoms with van der Waals surface area (Å²) < 4.78 is 26.7. The van der Waals surface area contributed by atoms with Crippen LogP contribution in [0.5, 0.6) is 0 Å². The van der Waals surface area contributed by atoms with Gasteiger partial charge in [-0.2, -0.15) is 0 Å². The molecule has 1 aliphatic rings. The summed E-state index contributed by atoms with van der Waals surface area (Å²) in [5.74, 6) is -1.14. The number of rotatable bonds is 2. The van der Waals surface area contributed by atoms with Gasteiger partial charge in [-0.3, -0.25) is 0 Å². The molecule has 0 atom stereocenters. The van der Waals surface area contributed by atoms with Gasteiger partial charge < -0.3 is 9.80 Å². The maximum absolute atomic E-state index is 13.7. The van der Waals surface area contributed by atoms with Gasteiger partial charge in [0.05, 0.1) is 5.69 Å². The second kappa shape index (κ2) is 6.68. The number of hydrogen-bond donors (Lipinski definition) is 0. The largest absolute Gasteiger partial charge is 0.346 e. The van der Waals surface area contributed by atoms with Crippen LogP contribution < -0.4 is 4.90 Å². The normalized spacial score (nSPS) is 15.9. The highest BCUT2D eigenvalue weighted by atomic mass is 35.5. The lowest BCUT2D eigenvalue weighted by Gasteiger charge is -2.32. The Balaban J connectivity index is 0.00000161. The van der Waals surface area contributed by atoms with Crippen molar-refractivity contribution in [3.8, 4) is 11.3 Å². The molecule has 0 spiro atoms. The van der Waals surface area contributed by atoms with Crippen LogP contribution >= 0.6 is 23.7 Å². The average molecular weight is 332 g/mol. The van der Waals surface area contributed by atoms with E-state index in [2.05, 4.69) is 21.8 Å². The standard InChI is InChI=1S/C14H15F2N3S.ClH/c1-18-4-6-19(7-5-18)14-17-13(9-20-14)11-3-2-10(15)8-12(11)16;/h2-3,8-9H,4-7H2,1H3;1H. The zero-order valence-electron chi connectivity index (χ0n) is 11.6. The summed E-state index contributed by atoms with van der Waals surface area (Å²) in [5, 5.41) is 2.72. The van der Waals surface area contributed by atoms with E-state index in [1.54, 1.807) is 0 Å². The van der Waals surface area contributed by atoms with Gasteiger partial charge in [-0.25, -0.2) is 13.8 Å². The van der Waals surface area contributed by atoms with Crippen LogP contribution in [0.15, 0.2) is 23.6 Å². The summed E-state index contributed by atoms with van der Waals surface area (Å²) in [6.07, 6.45) is 0. The minimum Gasteiger partial charge on any atom is -0.346 e. The van der Waals surface area contributed by atoms with Crippen molar-refractivity contribution in [1.29, 1.82) is 0 Å². The third-order valence-electron chi connectivity index (χ3n) is 3.47. The van der Waals surface area contributed by atoms with Crippen LogP contribution in [0.1, 0.15) is 0 Å². The van der Waals surface area contributed by atoms with Gasteiger partial charge in [0, 0.05) is 43.2 Å². The third-order valence-corrected chi connectivity index (χ3v) is 4.37. The number of nitrogens with zero attached hydrogens (tertiary/aromatic N) is 3. The van der Waals surface area contributed by atoms with Crippen LogP contribution in [-0.4, -0.2) is 43.1 Å². The Morgan fingerprint density at radius 1 is 1.14 bits per heavy atom. The summed E-state index contributed by atoms with van der Waals surface area (Å²) >= 11 is 1.50. The Morgan fingerprint density at radius 2 is 1.86 bits per heavy atom. The summed E-state index contributed by atoms with van der Waals surface area (Å²) in [4.78, 5) is 8.96. The van der Waals surface area contributed by atoms with E-state index >= 15 is 0 Å². The van der Waals surface area contributed by atoms with Gasteiger partial charge in [0.1, 0.15) is 11.6 Å². The molecule has 0 N–H and O–H groups in total. The molecule has 1 saturated heterocycles. The van der Waals surface area contributed by atoms with Gasteiger partial charge in [0.15, 0.2) is 5.13 Å². The number of thiazole rings is 1. The van der Waals surface area contributed by atoms with Crippen molar-refractivity contribution in [2.45, 2.75) is 0 Å². The Bertz CT molecular complexity index is 612. The predicted octanol–water partition coefficient (Wildman–Crippen LogP) is 3.26. The first-order valence-corrected chi connectivity index (χ1v) is 7.36. The van der Waals surface area contributed by atoms with Crippen molar-refractivity contribution >= 4 is 28.9 Å². The number of halogens is 3. The molecule has 2 aromatic rings. The van der Waals surface area contributed by atoms with E-state index in [0.717, 1.165) is 37.4 Å². The average Bonchev–Trinajstić information content (AvgIpc) is 2.89. The van der Waals surface area contributed by atoms with E-state index in [4.69, 9.17) is 0 Å². The maximum Gasteiger partial charge on any atom is 0.185 e. The molecule has 0 radical (unpaired) electrons. The molecular weight excluding hydrogens is 316 g/mol. The summed E-state index contributed by atoms with van der Waals surface area (Å²) in [7, 11) is 2.10. The van der Waals surface area contributed by atoms with Gasteiger partial charge in [-0.05, 0) is 19.2 Å². The quantitative estimate of drug-likeness (QED) is 0.842. The zero-order chi connectivity index (χ0) is 14.1. The molecule has 0 amide bonds. The van der Waals surface area contributed by atoms with E-state index in [1.807, 2.05) is 5.38 Å². The molecule has 3 rings (SSSR count). The zero-order valence-corrected chi connectivity index (χ0v) is 13.2. The molecule has 1 fully saturated rings. The molecule has 0 aliphatic carbocycles. The molecule has 0 bridgehead atoms. The van der Waals surface area contributed by atoms with Crippen molar-refractivity contribution in [3.63, 3.8) is 0 Å². The van der Waals surface area contributed by atoms with E-state index < -0.39 is 11.6 Å². The lowest BCUT2D eigenvalue weighted by atomic mass is 10.1. The topological polar surface area (TPSA) is 19.4 Å². The molecular formula is C14H16ClF2N3S. The second-order valence-electron chi connectivity index (χ2n) is 4.93. The fraction of sp³-hybridized carbons (Fsp3) is 0.357. The maximum atomic E-state index is 13.7. The van der Waals surface area contributed by atoms with Crippen molar-refractivity contribution < 1.29 is 8.78 Å². The van der Waals surface area contributed by atoms with E-state index in [-0.39, 0.29) is 12.4 Å². The number of piperazine rings is 1. The molecule has 0 saturated carbocycles. The summed E-state index contributed by atoms with van der Waals surface area (Å²) in [6, 6.07) is 3.59. The van der Waals surface area contributed by atoms with Crippen molar-refractivity contribution in [1.82, 2.24) is 9.88 Å².